The van der Waals surface area contributed by atoms with E-state index in [0.717, 1.165) is 47.9 Å². The molecular weight excluding hydrogens is 408 g/mol. The van der Waals surface area contributed by atoms with Crippen molar-refractivity contribution in [3.05, 3.63) is 41.5 Å². The third-order valence-electron chi connectivity index (χ3n) is 6.01. The molecule has 4 rings (SSSR count). The lowest BCUT2D eigenvalue weighted by atomic mass is 9.95. The van der Waals surface area contributed by atoms with Crippen molar-refractivity contribution in [2.75, 3.05) is 40.0 Å². The van der Waals surface area contributed by atoms with E-state index in [4.69, 9.17) is 14.2 Å². The van der Waals surface area contributed by atoms with Crippen LogP contribution in [0.3, 0.4) is 0 Å². The molecule has 2 aliphatic rings. The Hall–Kier alpha value is -2.48. The third kappa shape index (κ3) is 5.11. The number of ketones is 1. The fourth-order valence-electron chi connectivity index (χ4n) is 4.31. The molecule has 32 heavy (non-hydrogen) atoms. The van der Waals surface area contributed by atoms with E-state index in [0.29, 0.717) is 38.5 Å². The molecule has 2 aromatic carbocycles. The number of amides is 1. The average Bonchev–Trinajstić information content (AvgIpc) is 3.65. The van der Waals surface area contributed by atoms with Gasteiger partial charge in [0, 0.05) is 56.8 Å². The van der Waals surface area contributed by atoms with Gasteiger partial charge in [0.25, 0.3) is 5.91 Å². The standard InChI is InChI=1S/C25H32N2O5/c1-17(28)24-18(16-27(19-8-9-19)25(29)23-15-26-10-13-32-23)14-22(31-12-5-11-30-2)20-6-3-4-7-21(20)24/h3-4,6-7,14,19,23,26H,5,8-13,15-16H2,1-2H3/t23-/m1/s1. The zero-order valence-corrected chi connectivity index (χ0v) is 18.9. The number of hydrogen-bond acceptors (Lipinski definition) is 6. The highest BCUT2D eigenvalue weighted by Gasteiger charge is 2.37. The Bertz CT molecular complexity index is 966. The fraction of sp³-hybridized carbons (Fsp3) is 0.520. The summed E-state index contributed by atoms with van der Waals surface area (Å²) in [7, 11) is 1.67. The number of hydrogen-bond donors (Lipinski definition) is 1. The number of nitrogens with zero attached hydrogens (tertiary/aromatic N) is 1. The van der Waals surface area contributed by atoms with Gasteiger partial charge in [-0.2, -0.15) is 0 Å². The minimum atomic E-state index is -0.477. The minimum absolute atomic E-state index is 0.00933. The van der Waals surface area contributed by atoms with Crippen molar-refractivity contribution < 1.29 is 23.8 Å². The number of carbonyl (C=O) groups is 2. The lowest BCUT2D eigenvalue weighted by Crippen LogP contribution is -2.49. The number of nitrogens with one attached hydrogen (secondary N) is 1. The predicted molar refractivity (Wildman–Crippen MR) is 122 cm³/mol. The van der Waals surface area contributed by atoms with E-state index in [1.807, 2.05) is 35.2 Å². The minimum Gasteiger partial charge on any atom is -0.493 e. The first-order valence-electron chi connectivity index (χ1n) is 11.4. The molecule has 1 amide bonds. The van der Waals surface area contributed by atoms with Crippen molar-refractivity contribution in [1.29, 1.82) is 0 Å². The van der Waals surface area contributed by atoms with E-state index >= 15 is 0 Å². The topological polar surface area (TPSA) is 77.1 Å². The van der Waals surface area contributed by atoms with Crippen molar-refractivity contribution >= 4 is 22.5 Å². The molecule has 1 aliphatic carbocycles. The van der Waals surface area contributed by atoms with Gasteiger partial charge < -0.3 is 24.4 Å². The van der Waals surface area contributed by atoms with Gasteiger partial charge in [-0.15, -0.1) is 0 Å². The Labute approximate surface area is 189 Å². The number of ether oxygens (including phenoxy) is 3. The smallest absolute Gasteiger partial charge is 0.253 e. The number of fused-ring (bicyclic) bond motifs is 1. The lowest BCUT2D eigenvalue weighted by molar-refractivity contribution is -0.146. The normalized spacial score (nSPS) is 18.5. The van der Waals surface area contributed by atoms with Crippen molar-refractivity contribution in [3.8, 4) is 5.75 Å². The molecule has 172 valence electrons. The maximum atomic E-state index is 13.3. The molecule has 1 N–H and O–H groups in total. The summed E-state index contributed by atoms with van der Waals surface area (Å²) in [6.07, 6.45) is 2.26. The Morgan fingerprint density at radius 1 is 1.19 bits per heavy atom. The van der Waals surface area contributed by atoms with E-state index in [9.17, 15) is 9.59 Å². The van der Waals surface area contributed by atoms with Crippen LogP contribution in [-0.4, -0.2) is 68.8 Å². The van der Waals surface area contributed by atoms with Crippen LogP contribution >= 0.6 is 0 Å². The van der Waals surface area contributed by atoms with Crippen LogP contribution in [0.15, 0.2) is 30.3 Å². The number of morpholine rings is 1. The monoisotopic (exact) mass is 440 g/mol. The molecule has 2 aromatic rings. The molecule has 1 saturated heterocycles. The van der Waals surface area contributed by atoms with Crippen LogP contribution in [0, 0.1) is 0 Å². The summed E-state index contributed by atoms with van der Waals surface area (Å²) in [6.45, 7) is 4.91. The Morgan fingerprint density at radius 2 is 1.97 bits per heavy atom. The molecule has 1 heterocycles. The van der Waals surface area contributed by atoms with Crippen molar-refractivity contribution in [2.24, 2.45) is 0 Å². The number of rotatable bonds is 10. The summed E-state index contributed by atoms with van der Waals surface area (Å²) in [5, 5.41) is 5.00. The zero-order valence-electron chi connectivity index (χ0n) is 18.9. The summed E-state index contributed by atoms with van der Waals surface area (Å²) >= 11 is 0. The van der Waals surface area contributed by atoms with Gasteiger partial charge in [-0.3, -0.25) is 9.59 Å². The predicted octanol–water partition coefficient (Wildman–Crippen LogP) is 2.94. The molecule has 0 unspecified atom stereocenters. The summed E-state index contributed by atoms with van der Waals surface area (Å²) in [5.41, 5.74) is 1.48. The maximum Gasteiger partial charge on any atom is 0.253 e. The Balaban J connectivity index is 1.68. The maximum absolute atomic E-state index is 13.3. The fourth-order valence-corrected chi connectivity index (χ4v) is 4.31. The number of carbonyl (C=O) groups excluding carboxylic acids is 2. The second-order valence-electron chi connectivity index (χ2n) is 8.47. The average molecular weight is 441 g/mol. The van der Waals surface area contributed by atoms with Gasteiger partial charge in [0.15, 0.2) is 5.78 Å². The van der Waals surface area contributed by atoms with E-state index in [1.165, 1.54) is 0 Å². The summed E-state index contributed by atoms with van der Waals surface area (Å²) in [4.78, 5) is 27.9. The van der Waals surface area contributed by atoms with Gasteiger partial charge in [-0.25, -0.2) is 0 Å². The number of Topliss-reactive ketones (excluding diaryl/α,β-unsaturated/α-hetero) is 1. The van der Waals surface area contributed by atoms with E-state index in [2.05, 4.69) is 5.32 Å². The number of methoxy groups -OCH3 is 1. The van der Waals surface area contributed by atoms with Crippen LogP contribution in [0.25, 0.3) is 10.8 Å². The third-order valence-corrected chi connectivity index (χ3v) is 6.01. The van der Waals surface area contributed by atoms with Crippen LogP contribution in [0.5, 0.6) is 5.75 Å². The lowest BCUT2D eigenvalue weighted by Gasteiger charge is -2.30. The first-order valence-corrected chi connectivity index (χ1v) is 11.4. The second-order valence-corrected chi connectivity index (χ2v) is 8.47. The van der Waals surface area contributed by atoms with Gasteiger partial charge in [0.1, 0.15) is 11.9 Å². The summed E-state index contributed by atoms with van der Waals surface area (Å²) < 4.78 is 17.0. The molecule has 1 aliphatic heterocycles. The summed E-state index contributed by atoms with van der Waals surface area (Å²) in [6, 6.07) is 9.94. The Kier molecular flexibility index (Phi) is 7.40. The van der Waals surface area contributed by atoms with Crippen molar-refractivity contribution in [1.82, 2.24) is 10.2 Å². The number of benzene rings is 2. The zero-order chi connectivity index (χ0) is 22.5. The van der Waals surface area contributed by atoms with E-state index in [1.54, 1.807) is 14.0 Å². The van der Waals surface area contributed by atoms with Crippen LogP contribution in [0.2, 0.25) is 0 Å². The molecule has 7 heteroatoms. The van der Waals surface area contributed by atoms with E-state index < -0.39 is 6.10 Å². The quantitative estimate of drug-likeness (QED) is 0.452. The van der Waals surface area contributed by atoms with E-state index in [-0.39, 0.29) is 17.7 Å². The molecule has 0 aromatic heterocycles. The SMILES string of the molecule is COCCCOc1cc(CN(C(=O)[C@H]2CNCCO2)C2CC2)c(C(C)=O)c2ccccc12. The van der Waals surface area contributed by atoms with Crippen LogP contribution in [0.4, 0.5) is 0 Å². The summed E-state index contributed by atoms with van der Waals surface area (Å²) in [5.74, 6) is 0.710. The highest BCUT2D eigenvalue weighted by Crippen LogP contribution is 2.35. The van der Waals surface area contributed by atoms with Crippen molar-refractivity contribution in [3.63, 3.8) is 0 Å². The Morgan fingerprint density at radius 3 is 2.62 bits per heavy atom. The molecular formula is C25H32N2O5. The van der Waals surface area contributed by atoms with Crippen LogP contribution in [0.1, 0.15) is 42.1 Å². The molecule has 2 fully saturated rings. The molecule has 0 spiro atoms. The molecule has 1 saturated carbocycles. The first-order chi connectivity index (χ1) is 15.6. The van der Waals surface area contributed by atoms with Gasteiger partial charge in [0.2, 0.25) is 0 Å². The van der Waals surface area contributed by atoms with Crippen molar-refractivity contribution in [2.45, 2.75) is 44.9 Å². The van der Waals surface area contributed by atoms with Crippen LogP contribution in [-0.2, 0) is 20.8 Å². The largest absolute Gasteiger partial charge is 0.493 e. The first kappa shape index (κ1) is 22.7. The molecule has 7 nitrogen and oxygen atoms in total. The van der Waals surface area contributed by atoms with Gasteiger partial charge in [0.05, 0.1) is 13.2 Å². The molecule has 0 bridgehead atoms. The van der Waals surface area contributed by atoms with Crippen LogP contribution < -0.4 is 10.1 Å². The highest BCUT2D eigenvalue weighted by molar-refractivity contribution is 6.10. The van der Waals surface area contributed by atoms with Gasteiger partial charge in [-0.1, -0.05) is 24.3 Å². The van der Waals surface area contributed by atoms with Gasteiger partial charge >= 0.3 is 0 Å². The molecule has 1 atom stereocenters. The second kappa shape index (κ2) is 10.4. The van der Waals surface area contributed by atoms with Gasteiger partial charge in [-0.05, 0) is 36.8 Å². The highest BCUT2D eigenvalue weighted by atomic mass is 16.5. The molecule has 0 radical (unpaired) electrons.